The van der Waals surface area contributed by atoms with Gasteiger partial charge in [0.2, 0.25) is 0 Å². The molecule has 1 atom stereocenters. The van der Waals surface area contributed by atoms with Gasteiger partial charge >= 0.3 is 12.1 Å². The molecule has 0 aliphatic heterocycles. The van der Waals surface area contributed by atoms with Crippen molar-refractivity contribution in [2.24, 2.45) is 5.92 Å². The molecule has 5 heteroatoms. The lowest BCUT2D eigenvalue weighted by molar-refractivity contribution is -0.149. The van der Waals surface area contributed by atoms with E-state index < -0.39 is 12.1 Å². The van der Waals surface area contributed by atoms with Crippen molar-refractivity contribution in [3.8, 4) is 12.3 Å². The van der Waals surface area contributed by atoms with E-state index in [9.17, 15) is 9.59 Å². The third-order valence-corrected chi connectivity index (χ3v) is 3.19. The zero-order valence-corrected chi connectivity index (χ0v) is 14.3. The lowest BCUT2D eigenvalue weighted by Crippen LogP contribution is -2.44. The van der Waals surface area contributed by atoms with Gasteiger partial charge in [0, 0.05) is 13.5 Å². The van der Waals surface area contributed by atoms with Crippen LogP contribution in [0.2, 0.25) is 0 Å². The number of nitrogens with zero attached hydrogens (tertiary/aromatic N) is 1. The van der Waals surface area contributed by atoms with Crippen molar-refractivity contribution in [3.05, 3.63) is 0 Å². The fraction of sp³-hybridized carbons (Fsp3) is 0.765. The number of likely N-dealkylation sites (N-methyl/N-ethyl adjacent to an activating group) is 1. The van der Waals surface area contributed by atoms with E-state index in [4.69, 9.17) is 15.9 Å². The average molecular weight is 311 g/mol. The Morgan fingerprint density at radius 3 is 2.41 bits per heavy atom. The first kappa shape index (κ1) is 20.3. The summed E-state index contributed by atoms with van der Waals surface area (Å²) in [7, 11) is 1.55. The van der Waals surface area contributed by atoms with Crippen LogP contribution in [-0.2, 0) is 14.3 Å². The van der Waals surface area contributed by atoms with E-state index >= 15 is 0 Å². The van der Waals surface area contributed by atoms with E-state index in [0.29, 0.717) is 19.4 Å². The molecule has 126 valence electrons. The van der Waals surface area contributed by atoms with Crippen LogP contribution in [0.5, 0.6) is 0 Å². The van der Waals surface area contributed by atoms with Gasteiger partial charge < -0.3 is 9.47 Å². The number of amides is 1. The summed E-state index contributed by atoms with van der Waals surface area (Å²) in [5.41, 5.74) is 0. The summed E-state index contributed by atoms with van der Waals surface area (Å²) in [6.45, 7) is 6.62. The molecule has 0 spiro atoms. The molecule has 0 saturated heterocycles. The second-order valence-corrected chi connectivity index (χ2v) is 5.70. The number of esters is 1. The van der Waals surface area contributed by atoms with Crippen LogP contribution < -0.4 is 0 Å². The zero-order valence-electron chi connectivity index (χ0n) is 14.3. The molecule has 0 heterocycles. The second-order valence-electron chi connectivity index (χ2n) is 5.70. The van der Waals surface area contributed by atoms with Gasteiger partial charge in [0.05, 0.1) is 6.61 Å². The van der Waals surface area contributed by atoms with Crippen LogP contribution in [0, 0.1) is 18.3 Å². The minimum absolute atomic E-state index is 0.152. The lowest BCUT2D eigenvalue weighted by atomic mass is 10.0. The number of carbonyl (C=O) groups is 2. The van der Waals surface area contributed by atoms with Crippen LogP contribution >= 0.6 is 0 Å². The Bertz CT molecular complexity index is 373. The Labute approximate surface area is 134 Å². The van der Waals surface area contributed by atoms with Gasteiger partial charge in [-0.2, -0.15) is 0 Å². The zero-order chi connectivity index (χ0) is 17.0. The molecule has 0 aromatic rings. The van der Waals surface area contributed by atoms with Crippen LogP contribution in [0.1, 0.15) is 52.9 Å². The van der Waals surface area contributed by atoms with E-state index in [0.717, 1.165) is 19.3 Å². The smallest absolute Gasteiger partial charge is 0.410 e. The van der Waals surface area contributed by atoms with Crippen LogP contribution in [0.3, 0.4) is 0 Å². The molecule has 0 N–H and O–H groups in total. The molecule has 22 heavy (non-hydrogen) atoms. The molecule has 0 saturated carbocycles. The summed E-state index contributed by atoms with van der Waals surface area (Å²) in [6, 6.07) is -0.625. The Kier molecular flexibility index (Phi) is 11.0. The highest BCUT2D eigenvalue weighted by Gasteiger charge is 2.29. The van der Waals surface area contributed by atoms with Crippen LogP contribution in [0.15, 0.2) is 0 Å². The van der Waals surface area contributed by atoms with Crippen molar-refractivity contribution >= 4 is 12.1 Å². The van der Waals surface area contributed by atoms with Crippen molar-refractivity contribution in [2.75, 3.05) is 20.3 Å². The van der Waals surface area contributed by atoms with Gasteiger partial charge in [-0.05, 0) is 18.8 Å². The van der Waals surface area contributed by atoms with Crippen molar-refractivity contribution < 1.29 is 19.1 Å². The van der Waals surface area contributed by atoms with Crippen molar-refractivity contribution in [2.45, 2.75) is 58.9 Å². The summed E-state index contributed by atoms with van der Waals surface area (Å²) in [5.74, 6) is 2.28. The van der Waals surface area contributed by atoms with Gasteiger partial charge in [0.15, 0.2) is 0 Å². The average Bonchev–Trinajstić information content (AvgIpc) is 2.48. The van der Waals surface area contributed by atoms with Crippen LogP contribution in [0.4, 0.5) is 4.79 Å². The van der Waals surface area contributed by atoms with Gasteiger partial charge in [-0.1, -0.05) is 33.6 Å². The highest BCUT2D eigenvalue weighted by atomic mass is 16.6. The molecule has 0 aromatic heterocycles. The van der Waals surface area contributed by atoms with Crippen molar-refractivity contribution in [3.63, 3.8) is 0 Å². The van der Waals surface area contributed by atoms with E-state index in [-0.39, 0.29) is 18.5 Å². The number of terminal acetylenes is 1. The number of hydrogen-bond donors (Lipinski definition) is 0. The third kappa shape index (κ3) is 8.56. The lowest BCUT2D eigenvalue weighted by Gasteiger charge is -2.27. The van der Waals surface area contributed by atoms with E-state index in [2.05, 4.69) is 12.8 Å². The van der Waals surface area contributed by atoms with Crippen molar-refractivity contribution in [1.82, 2.24) is 4.90 Å². The maximum atomic E-state index is 12.2. The van der Waals surface area contributed by atoms with Crippen LogP contribution in [0.25, 0.3) is 0 Å². The van der Waals surface area contributed by atoms with E-state index in [1.807, 2.05) is 13.8 Å². The molecule has 0 radical (unpaired) electrons. The third-order valence-electron chi connectivity index (χ3n) is 3.19. The molecule has 0 aromatic carbocycles. The summed E-state index contributed by atoms with van der Waals surface area (Å²) in [6.07, 6.45) is 8.38. The Morgan fingerprint density at radius 2 is 1.86 bits per heavy atom. The molecule has 0 aliphatic rings. The molecule has 0 aliphatic carbocycles. The highest BCUT2D eigenvalue weighted by molar-refractivity contribution is 5.81. The van der Waals surface area contributed by atoms with Gasteiger partial charge in [-0.3, -0.25) is 4.90 Å². The number of ether oxygens (including phenoxy) is 2. The molecule has 1 amide bonds. The van der Waals surface area contributed by atoms with Gasteiger partial charge in [0.1, 0.15) is 12.6 Å². The molecule has 0 unspecified atom stereocenters. The Balaban J connectivity index is 4.56. The minimum Gasteiger partial charge on any atom is -0.464 e. The monoisotopic (exact) mass is 311 g/mol. The summed E-state index contributed by atoms with van der Waals surface area (Å²) >= 11 is 0. The van der Waals surface area contributed by atoms with Crippen LogP contribution in [-0.4, -0.2) is 43.3 Å². The Hall–Kier alpha value is -1.70. The van der Waals surface area contributed by atoms with E-state index in [1.165, 1.54) is 4.90 Å². The molecular formula is C17H29NO4. The predicted octanol–water partition coefficient (Wildman–Crippen LogP) is 3.23. The first-order valence-electron chi connectivity index (χ1n) is 7.93. The summed E-state index contributed by atoms with van der Waals surface area (Å²) < 4.78 is 10.3. The first-order chi connectivity index (χ1) is 10.4. The number of rotatable bonds is 10. The van der Waals surface area contributed by atoms with Gasteiger partial charge in [-0.15, -0.1) is 12.3 Å². The standard InChI is InChI=1S/C17H29NO4/c1-6-8-10-12-21-16(19)15(13-14(3)4)18(5)17(20)22-11-9-7-2/h2,14-15H,6,8-13H2,1,3-5H3/t15-/m0/s1. The predicted molar refractivity (Wildman–Crippen MR) is 86.3 cm³/mol. The first-order valence-corrected chi connectivity index (χ1v) is 7.93. The summed E-state index contributed by atoms with van der Waals surface area (Å²) in [4.78, 5) is 25.5. The number of carbonyl (C=O) groups excluding carboxylic acids is 2. The fourth-order valence-corrected chi connectivity index (χ4v) is 1.91. The molecular weight excluding hydrogens is 282 g/mol. The largest absolute Gasteiger partial charge is 0.464 e. The molecule has 0 bridgehead atoms. The highest BCUT2D eigenvalue weighted by Crippen LogP contribution is 2.14. The van der Waals surface area contributed by atoms with E-state index in [1.54, 1.807) is 7.05 Å². The molecule has 0 rings (SSSR count). The minimum atomic E-state index is -0.625. The number of unbranched alkanes of at least 4 members (excludes halogenated alkanes) is 2. The van der Waals surface area contributed by atoms with Gasteiger partial charge in [-0.25, -0.2) is 9.59 Å². The Morgan fingerprint density at radius 1 is 1.18 bits per heavy atom. The topological polar surface area (TPSA) is 55.8 Å². The SMILES string of the molecule is C#CCCOC(=O)N(C)[C@@H](CC(C)C)C(=O)OCCCCC. The fourth-order valence-electron chi connectivity index (χ4n) is 1.91. The maximum absolute atomic E-state index is 12.2. The normalized spacial score (nSPS) is 11.6. The maximum Gasteiger partial charge on any atom is 0.410 e. The quantitative estimate of drug-likeness (QED) is 0.353. The van der Waals surface area contributed by atoms with Crippen molar-refractivity contribution in [1.29, 1.82) is 0 Å². The second kappa shape index (κ2) is 11.9. The van der Waals surface area contributed by atoms with Gasteiger partial charge in [0.25, 0.3) is 0 Å². The summed E-state index contributed by atoms with van der Waals surface area (Å²) in [5, 5.41) is 0. The number of hydrogen-bond acceptors (Lipinski definition) is 4. The molecule has 0 fully saturated rings. The molecule has 5 nitrogen and oxygen atoms in total.